The molecule has 0 rings (SSSR count). The molecule has 0 spiro atoms. The molecule has 7 heteroatoms. The molecule has 0 heterocycles. The lowest BCUT2D eigenvalue weighted by Gasteiger charge is -2.20. The van der Waals surface area contributed by atoms with E-state index in [0.29, 0.717) is 0 Å². The molecule has 6 nitrogen and oxygen atoms in total. The van der Waals surface area contributed by atoms with Crippen LogP contribution in [0.2, 0.25) is 0 Å². The van der Waals surface area contributed by atoms with E-state index in [1.807, 2.05) is 9.80 Å². The summed E-state index contributed by atoms with van der Waals surface area (Å²) in [5, 5.41) is 0. The van der Waals surface area contributed by atoms with Crippen molar-refractivity contribution < 1.29 is 27.3 Å². The van der Waals surface area contributed by atoms with Gasteiger partial charge in [-0.25, -0.2) is 0 Å². The van der Waals surface area contributed by atoms with E-state index in [4.69, 9.17) is 17.5 Å². The largest absolute Gasteiger partial charge is 0.759 e. The van der Waals surface area contributed by atoms with Crippen molar-refractivity contribution in [1.29, 1.82) is 0 Å². The predicted octanol–water partition coefficient (Wildman–Crippen LogP) is 21.9. The average Bonchev–Trinajstić information content (AvgIpc) is 3.43. The van der Waals surface area contributed by atoms with Crippen molar-refractivity contribution in [3.8, 4) is 0 Å². The normalized spacial score (nSPS) is 11.7. The minimum atomic E-state index is -5.17. The zero-order valence-corrected chi connectivity index (χ0v) is 56.5. The Morgan fingerprint density at radius 2 is 0.253 bits per heavy atom. The van der Waals surface area contributed by atoms with Crippen molar-refractivity contribution in [3.05, 3.63) is 0 Å². The molecule has 0 aromatic heterocycles. The van der Waals surface area contributed by atoms with Crippen molar-refractivity contribution in [1.82, 2.24) is 0 Å². The first-order chi connectivity index (χ1) is 38.7. The molecule has 0 atom stereocenters. The molecule has 0 saturated carbocycles. The molecule has 480 valence electrons. The highest BCUT2D eigenvalue weighted by Gasteiger charge is 2.10. The summed E-state index contributed by atoms with van der Waals surface area (Å²) in [6.07, 6.45) is 87.8. The van der Waals surface area contributed by atoms with Gasteiger partial charge in [-0.1, -0.05) is 350 Å². The fourth-order valence-electron chi connectivity index (χ4n) is 11.9. The van der Waals surface area contributed by atoms with Gasteiger partial charge in [-0.05, 0) is 77.0 Å². The number of hydrogen-bond acceptors (Lipinski definition) is 4. The van der Waals surface area contributed by atoms with Crippen molar-refractivity contribution >= 4 is 10.4 Å². The summed E-state index contributed by atoms with van der Waals surface area (Å²) in [4.78, 5) is 3.89. The summed E-state index contributed by atoms with van der Waals surface area (Å²) in [6, 6.07) is 0. The first-order valence-corrected chi connectivity index (χ1v) is 38.4. The molecule has 0 bridgehead atoms. The van der Waals surface area contributed by atoms with Crippen LogP contribution >= 0.6 is 0 Å². The third kappa shape index (κ3) is 86.7. The third-order valence-corrected chi connectivity index (χ3v) is 17.3. The summed E-state index contributed by atoms with van der Waals surface area (Å²) in [5.41, 5.74) is 0. The number of rotatable bonds is 66. The van der Waals surface area contributed by atoms with E-state index < -0.39 is 10.4 Å². The van der Waals surface area contributed by atoms with Gasteiger partial charge < -0.3 is 18.9 Å². The number of quaternary nitrogens is 2. The zero-order chi connectivity index (χ0) is 58.3. The molecule has 0 amide bonds. The summed E-state index contributed by atoms with van der Waals surface area (Å²) >= 11 is 0. The van der Waals surface area contributed by atoms with Gasteiger partial charge in [0.1, 0.15) is 0 Å². The van der Waals surface area contributed by atoms with Gasteiger partial charge in [-0.15, -0.1) is 0 Å². The second kappa shape index (κ2) is 75.8. The van der Waals surface area contributed by atoms with Gasteiger partial charge in [0.2, 0.25) is 0 Å². The maximum Gasteiger partial charge on any atom is 0.0770 e. The minimum absolute atomic E-state index is 1.37. The van der Waals surface area contributed by atoms with Gasteiger partial charge >= 0.3 is 0 Å². The van der Waals surface area contributed by atoms with E-state index >= 15 is 0 Å². The second-order valence-corrected chi connectivity index (χ2v) is 26.3. The lowest BCUT2D eigenvalue weighted by atomic mass is 10.1. The van der Waals surface area contributed by atoms with Crippen molar-refractivity contribution in [2.45, 2.75) is 427 Å². The number of nitrogens with one attached hydrogen (secondary N) is 2. The van der Waals surface area contributed by atoms with Crippen LogP contribution in [0.3, 0.4) is 0 Å². The van der Waals surface area contributed by atoms with Gasteiger partial charge in [-0.2, -0.15) is 0 Å². The fourth-order valence-corrected chi connectivity index (χ4v) is 11.9. The molecule has 0 unspecified atom stereocenters. The van der Waals surface area contributed by atoms with Gasteiger partial charge in [0, 0.05) is 10.4 Å². The van der Waals surface area contributed by atoms with Crippen LogP contribution in [-0.4, -0.2) is 56.8 Å². The molecule has 0 saturated heterocycles. The highest BCUT2D eigenvalue weighted by atomic mass is 32.3. The van der Waals surface area contributed by atoms with Crippen LogP contribution < -0.4 is 9.80 Å². The Morgan fingerprint density at radius 3 is 0.342 bits per heavy atom. The molecule has 0 aromatic carbocycles. The molecular formula is C72H152N2O4S. The molecule has 79 heavy (non-hydrogen) atoms. The smallest absolute Gasteiger partial charge is 0.0770 e. The molecule has 0 radical (unpaired) electrons. The fraction of sp³-hybridized carbons (Fsp3) is 1.00. The van der Waals surface area contributed by atoms with Crippen molar-refractivity contribution in [2.24, 2.45) is 0 Å². The Kier molecular flexibility index (Phi) is 79.6. The van der Waals surface area contributed by atoms with E-state index in [1.165, 1.54) is 425 Å². The molecule has 0 aliphatic heterocycles. The van der Waals surface area contributed by atoms with E-state index in [1.54, 1.807) is 0 Å². The van der Waals surface area contributed by atoms with Crippen LogP contribution in [0.5, 0.6) is 0 Å². The molecule has 0 aromatic rings. The standard InChI is InChI=1S/2C36H75N.H2O4S/c2*1-4-7-10-13-16-19-22-25-28-31-34-37(35-32-29-26-23-20-17-14-11-8-5-2)36-33-30-27-24-21-18-15-12-9-6-3;1-5(2,3)4/h2*4-36H2,1-3H3;(H2,1,2,3,4). The Labute approximate surface area is 501 Å². The van der Waals surface area contributed by atoms with Crippen LogP contribution in [0.15, 0.2) is 0 Å². The summed E-state index contributed by atoms with van der Waals surface area (Å²) in [5.74, 6) is 0. The van der Waals surface area contributed by atoms with Crippen LogP contribution in [0, 0.1) is 0 Å². The lowest BCUT2D eigenvalue weighted by Crippen LogP contribution is -3.12. The molecule has 0 fully saturated rings. The maximum absolute atomic E-state index is 8.52. The zero-order valence-electron chi connectivity index (χ0n) is 55.7. The van der Waals surface area contributed by atoms with Crippen LogP contribution in [0.4, 0.5) is 0 Å². The van der Waals surface area contributed by atoms with Gasteiger partial charge in [-0.3, -0.25) is 8.42 Å². The minimum Gasteiger partial charge on any atom is -0.759 e. The quantitative estimate of drug-likeness (QED) is 0.0361. The van der Waals surface area contributed by atoms with E-state index in [0.717, 1.165) is 0 Å². The summed E-state index contributed by atoms with van der Waals surface area (Å²) < 4.78 is 34.1. The van der Waals surface area contributed by atoms with Crippen molar-refractivity contribution in [2.75, 3.05) is 39.3 Å². The third-order valence-electron chi connectivity index (χ3n) is 17.3. The lowest BCUT2D eigenvalue weighted by molar-refractivity contribution is -0.901. The van der Waals surface area contributed by atoms with Crippen LogP contribution in [0.25, 0.3) is 0 Å². The maximum atomic E-state index is 8.52. The molecule has 0 aliphatic carbocycles. The Balaban J connectivity index is -0.00000134. The first-order valence-electron chi connectivity index (χ1n) is 37.0. The first kappa shape index (κ1) is 83.0. The predicted molar refractivity (Wildman–Crippen MR) is 353 cm³/mol. The second-order valence-electron chi connectivity index (χ2n) is 25.5. The average molecular weight is 1140 g/mol. The Bertz CT molecular complexity index is 945. The SMILES string of the molecule is CCCCCCCCCCCC[NH+](CCCCCCCCCCCC)CCCCCCCCCCCC.CCCCCCCCCCCC[NH+](CCCCCCCCCCCC)CCCCCCCCCCCC.O=S(=O)([O-])[O-]. The van der Waals surface area contributed by atoms with Gasteiger partial charge in [0.05, 0.1) is 39.3 Å². The summed E-state index contributed by atoms with van der Waals surface area (Å²) in [7, 11) is -5.17. The number of unbranched alkanes of at least 4 members (excludes halogenated alkanes) is 54. The Hall–Kier alpha value is -0.210. The highest BCUT2D eigenvalue weighted by molar-refractivity contribution is 7.79. The van der Waals surface area contributed by atoms with E-state index in [-0.39, 0.29) is 0 Å². The number of hydrogen-bond donors (Lipinski definition) is 2. The van der Waals surface area contributed by atoms with E-state index in [2.05, 4.69) is 41.5 Å². The Morgan fingerprint density at radius 1 is 0.177 bits per heavy atom. The van der Waals surface area contributed by atoms with Crippen molar-refractivity contribution in [3.63, 3.8) is 0 Å². The van der Waals surface area contributed by atoms with Crippen LogP contribution in [0.1, 0.15) is 427 Å². The van der Waals surface area contributed by atoms with Gasteiger partial charge in [0.25, 0.3) is 0 Å². The van der Waals surface area contributed by atoms with Gasteiger partial charge in [0.15, 0.2) is 0 Å². The van der Waals surface area contributed by atoms with Crippen LogP contribution in [-0.2, 0) is 10.4 Å². The topological polar surface area (TPSA) is 89.1 Å². The molecule has 0 aliphatic rings. The highest BCUT2D eigenvalue weighted by Crippen LogP contribution is 2.16. The van der Waals surface area contributed by atoms with E-state index in [9.17, 15) is 0 Å². The monoisotopic (exact) mass is 1140 g/mol. The molecule has 2 N–H and O–H groups in total. The summed E-state index contributed by atoms with van der Waals surface area (Å²) in [6.45, 7) is 22.6. The molecular weight excluding hydrogens is 989 g/mol.